The summed E-state index contributed by atoms with van der Waals surface area (Å²) in [5.74, 6) is -4.49. The summed E-state index contributed by atoms with van der Waals surface area (Å²) in [4.78, 5) is 15.4. The van der Waals surface area contributed by atoms with E-state index in [1.54, 1.807) is 0 Å². The van der Waals surface area contributed by atoms with E-state index in [2.05, 4.69) is 14.5 Å². The van der Waals surface area contributed by atoms with Gasteiger partial charge in [0.1, 0.15) is 5.54 Å². The average Bonchev–Trinajstić information content (AvgIpc) is 3.07. The number of carbonyl (C=O) groups excluding carboxylic acids is 1. The molecule has 21 heavy (non-hydrogen) atoms. The Morgan fingerprint density at radius 2 is 2.05 bits per heavy atom. The quantitative estimate of drug-likeness (QED) is 0.832. The Morgan fingerprint density at radius 1 is 1.43 bits per heavy atom. The minimum atomic E-state index is -5.26. The molecule has 0 aromatic carbocycles. The zero-order valence-corrected chi connectivity index (χ0v) is 11.6. The number of hydrogen-bond donors (Lipinski definition) is 1. The van der Waals surface area contributed by atoms with E-state index in [4.69, 9.17) is 0 Å². The van der Waals surface area contributed by atoms with E-state index in [1.165, 1.54) is 0 Å². The topological polar surface area (TPSA) is 85.4 Å². The molecule has 0 atom stereocenters. The lowest BCUT2D eigenvalue weighted by Crippen LogP contribution is -2.48. The van der Waals surface area contributed by atoms with Gasteiger partial charge in [0.25, 0.3) is 11.8 Å². The molecule has 1 fully saturated rings. The van der Waals surface area contributed by atoms with Gasteiger partial charge in [-0.1, -0.05) is 3.89 Å². The lowest BCUT2D eigenvalue weighted by atomic mass is 10.1. The van der Waals surface area contributed by atoms with E-state index >= 15 is 0 Å². The van der Waals surface area contributed by atoms with Crippen molar-refractivity contribution in [3.63, 3.8) is 0 Å². The number of rotatable bonds is 5. The van der Waals surface area contributed by atoms with Crippen molar-refractivity contribution in [1.82, 2.24) is 10.3 Å². The lowest BCUT2D eigenvalue weighted by molar-refractivity contribution is -0.0280. The molecule has 1 heterocycles. The lowest BCUT2D eigenvalue weighted by Gasteiger charge is -2.24. The van der Waals surface area contributed by atoms with Crippen molar-refractivity contribution in [3.05, 3.63) is 24.0 Å². The van der Waals surface area contributed by atoms with Crippen LogP contribution in [0, 0.1) is 0 Å². The summed E-state index contributed by atoms with van der Waals surface area (Å²) in [6.45, 7) is 0.702. The zero-order valence-electron chi connectivity index (χ0n) is 10.8. The number of aromatic nitrogens is 1. The Kier molecular flexibility index (Phi) is 3.60. The van der Waals surface area contributed by atoms with E-state index in [9.17, 15) is 25.9 Å². The number of hydrogen-bond acceptors (Lipinski definition) is 5. The van der Waals surface area contributed by atoms with Crippen molar-refractivity contribution < 1.29 is 30.1 Å². The predicted molar refractivity (Wildman–Crippen MR) is 64.9 cm³/mol. The van der Waals surface area contributed by atoms with Crippen LogP contribution in [0.4, 0.5) is 12.7 Å². The molecule has 0 saturated heterocycles. The number of halogens is 3. The van der Waals surface area contributed by atoms with E-state index in [0.29, 0.717) is 6.92 Å². The zero-order chi connectivity index (χ0) is 15.9. The molecule has 0 radical (unpaired) electrons. The highest BCUT2D eigenvalue weighted by Crippen LogP contribution is 2.47. The second-order valence-corrected chi connectivity index (χ2v) is 5.76. The van der Waals surface area contributed by atoms with E-state index in [1.807, 2.05) is 0 Å². The molecular formula is C11H11F3N2O4S. The molecule has 0 aliphatic heterocycles. The molecule has 1 aromatic heterocycles. The Labute approximate surface area is 118 Å². The number of alkyl halides is 2. The number of carbonyl (C=O) groups is 1. The molecule has 1 aromatic rings. The van der Waals surface area contributed by atoms with Crippen LogP contribution in [0.2, 0.25) is 0 Å². The highest BCUT2D eigenvalue weighted by Gasteiger charge is 2.60. The summed E-state index contributed by atoms with van der Waals surface area (Å²) in [6, 6.07) is 0.892. The van der Waals surface area contributed by atoms with Crippen molar-refractivity contribution in [2.24, 2.45) is 0 Å². The largest absolute Gasteiger partial charge is 0.488 e. The second-order valence-electron chi connectivity index (χ2n) is 4.81. The highest BCUT2D eigenvalue weighted by molar-refractivity contribution is 7.81. The van der Waals surface area contributed by atoms with E-state index < -0.39 is 33.6 Å². The van der Waals surface area contributed by atoms with Gasteiger partial charge in [-0.15, -0.1) is 0 Å². The van der Waals surface area contributed by atoms with Gasteiger partial charge in [0.05, 0.1) is 11.8 Å². The molecule has 2 rings (SSSR count). The van der Waals surface area contributed by atoms with Gasteiger partial charge >= 0.3 is 10.5 Å². The molecule has 1 saturated carbocycles. The van der Waals surface area contributed by atoms with Gasteiger partial charge in [0, 0.05) is 13.1 Å². The minimum absolute atomic E-state index is 0.130. The van der Waals surface area contributed by atoms with E-state index in [-0.39, 0.29) is 18.4 Å². The van der Waals surface area contributed by atoms with Crippen LogP contribution < -0.4 is 9.50 Å². The van der Waals surface area contributed by atoms with Crippen LogP contribution in [0.15, 0.2) is 18.5 Å². The normalized spacial score (nSPS) is 17.1. The second kappa shape index (κ2) is 4.86. The summed E-state index contributed by atoms with van der Waals surface area (Å²) in [7, 11) is -5.26. The number of nitrogens with one attached hydrogen (secondary N) is 1. The Bertz CT molecular complexity index is 668. The fraction of sp³-hybridized carbons (Fsp3) is 0.455. The van der Waals surface area contributed by atoms with Crippen molar-refractivity contribution in [1.29, 1.82) is 0 Å². The molecule has 0 bridgehead atoms. The standard InChI is InChI=1S/C11H11F3N2O4S/c1-10(12,13)11(2-3-11)16-9(17)7-4-8(6-15-5-7)20-21(14,18)19/h4-6H,2-3H2,1H3,(H,16,17). The summed E-state index contributed by atoms with van der Waals surface area (Å²) in [5, 5.41) is 2.19. The molecule has 1 N–H and O–H groups in total. The van der Waals surface area contributed by atoms with Gasteiger partial charge in [-0.2, -0.15) is 8.42 Å². The number of nitrogens with zero attached hydrogens (tertiary/aromatic N) is 1. The molecule has 1 amide bonds. The maximum atomic E-state index is 13.4. The third-order valence-electron chi connectivity index (χ3n) is 3.11. The van der Waals surface area contributed by atoms with Crippen LogP contribution in [0.3, 0.4) is 0 Å². The first-order valence-electron chi connectivity index (χ1n) is 5.82. The van der Waals surface area contributed by atoms with E-state index in [0.717, 1.165) is 18.5 Å². The Balaban J connectivity index is 2.16. The van der Waals surface area contributed by atoms with Gasteiger partial charge in [-0.05, 0) is 18.9 Å². The van der Waals surface area contributed by atoms with Crippen LogP contribution in [0.1, 0.15) is 30.1 Å². The molecule has 0 spiro atoms. The predicted octanol–water partition coefficient (Wildman–Crippen LogP) is 1.59. The fourth-order valence-corrected chi connectivity index (χ4v) is 2.11. The van der Waals surface area contributed by atoms with Crippen LogP contribution in [-0.4, -0.2) is 30.8 Å². The van der Waals surface area contributed by atoms with Crippen LogP contribution in [0.5, 0.6) is 5.75 Å². The molecule has 6 nitrogen and oxygen atoms in total. The highest BCUT2D eigenvalue weighted by atomic mass is 32.3. The van der Waals surface area contributed by atoms with Crippen molar-refractivity contribution in [3.8, 4) is 5.75 Å². The number of amides is 1. The molecule has 1 aliphatic carbocycles. The maximum absolute atomic E-state index is 13.4. The smallest absolute Gasteiger partial charge is 0.357 e. The summed E-state index contributed by atoms with van der Waals surface area (Å²) >= 11 is 0. The Morgan fingerprint density at radius 3 is 2.52 bits per heavy atom. The van der Waals surface area contributed by atoms with Crippen LogP contribution in [0.25, 0.3) is 0 Å². The van der Waals surface area contributed by atoms with Gasteiger partial charge < -0.3 is 9.50 Å². The molecule has 10 heteroatoms. The van der Waals surface area contributed by atoms with Gasteiger partial charge in [0.2, 0.25) is 0 Å². The van der Waals surface area contributed by atoms with Crippen LogP contribution >= 0.6 is 0 Å². The maximum Gasteiger partial charge on any atom is 0.488 e. The fourth-order valence-electron chi connectivity index (χ4n) is 1.79. The molecule has 116 valence electrons. The summed E-state index contributed by atoms with van der Waals surface area (Å²) in [6.07, 6.45) is 2.15. The first-order chi connectivity index (χ1) is 9.52. The van der Waals surface area contributed by atoms with Crippen molar-refractivity contribution >= 4 is 16.4 Å². The monoisotopic (exact) mass is 324 g/mol. The molecular weight excluding hydrogens is 313 g/mol. The van der Waals surface area contributed by atoms with Crippen molar-refractivity contribution in [2.75, 3.05) is 0 Å². The Hall–Kier alpha value is -1.84. The van der Waals surface area contributed by atoms with Gasteiger partial charge in [-0.3, -0.25) is 9.78 Å². The van der Waals surface area contributed by atoms with Crippen LogP contribution in [-0.2, 0) is 10.5 Å². The number of pyridine rings is 1. The van der Waals surface area contributed by atoms with Crippen molar-refractivity contribution in [2.45, 2.75) is 31.2 Å². The van der Waals surface area contributed by atoms with Gasteiger partial charge in [0.15, 0.2) is 5.75 Å². The summed E-state index contributed by atoms with van der Waals surface area (Å²) < 4.78 is 63.7. The van der Waals surface area contributed by atoms with Gasteiger partial charge in [-0.25, -0.2) is 8.78 Å². The third-order valence-corrected chi connectivity index (χ3v) is 3.51. The molecule has 0 unspecified atom stereocenters. The minimum Gasteiger partial charge on any atom is -0.357 e. The first-order valence-corrected chi connectivity index (χ1v) is 7.13. The molecule has 1 aliphatic rings. The third kappa shape index (κ3) is 3.63. The first kappa shape index (κ1) is 15.5. The average molecular weight is 324 g/mol. The SMILES string of the molecule is CC(F)(F)C1(NC(=O)c2cncc(OS(=O)(=O)F)c2)CC1. The summed E-state index contributed by atoms with van der Waals surface area (Å²) in [5.41, 5.74) is -1.82.